The van der Waals surface area contributed by atoms with E-state index in [1.807, 2.05) is 12.1 Å². The van der Waals surface area contributed by atoms with Gasteiger partial charge in [-0.15, -0.1) is 0 Å². The van der Waals surface area contributed by atoms with Crippen LogP contribution in [-0.4, -0.2) is 16.3 Å². The Morgan fingerprint density at radius 3 is 2.81 bits per heavy atom. The molecule has 0 spiro atoms. The smallest absolute Gasteiger partial charge is 0.115 e. The Hall–Kier alpha value is -1.02. The van der Waals surface area contributed by atoms with E-state index in [0.29, 0.717) is 29.4 Å². The van der Waals surface area contributed by atoms with Crippen molar-refractivity contribution in [1.82, 2.24) is 0 Å². The lowest BCUT2D eigenvalue weighted by molar-refractivity contribution is -0.0356. The maximum absolute atomic E-state index is 10.5. The monoisotopic (exact) mass is 286 g/mol. The highest BCUT2D eigenvalue weighted by Gasteiger charge is 2.55. The van der Waals surface area contributed by atoms with E-state index < -0.39 is 0 Å². The Bertz CT molecular complexity index is 567. The summed E-state index contributed by atoms with van der Waals surface area (Å²) in [6.45, 7) is 4.70. The van der Waals surface area contributed by atoms with E-state index >= 15 is 0 Å². The summed E-state index contributed by atoms with van der Waals surface area (Å²) in [7, 11) is 0. The summed E-state index contributed by atoms with van der Waals surface area (Å²) in [5.74, 6) is 3.06. The zero-order valence-corrected chi connectivity index (χ0v) is 13.0. The molecule has 0 amide bonds. The summed E-state index contributed by atoms with van der Waals surface area (Å²) < 4.78 is 0. The first-order chi connectivity index (χ1) is 10.0. The molecule has 2 N–H and O–H groups in total. The zero-order chi connectivity index (χ0) is 14.8. The minimum Gasteiger partial charge on any atom is -0.508 e. The molecule has 2 nitrogen and oxygen atoms in total. The Balaban J connectivity index is 1.76. The Labute approximate surface area is 127 Å². The van der Waals surface area contributed by atoms with Gasteiger partial charge in [0.05, 0.1) is 6.10 Å². The number of rotatable bonds is 0. The first kappa shape index (κ1) is 13.6. The molecule has 114 valence electrons. The van der Waals surface area contributed by atoms with Crippen molar-refractivity contribution >= 4 is 0 Å². The molecule has 0 heterocycles. The van der Waals surface area contributed by atoms with Crippen LogP contribution in [0.3, 0.4) is 0 Å². The van der Waals surface area contributed by atoms with Crippen molar-refractivity contribution in [2.24, 2.45) is 23.2 Å². The van der Waals surface area contributed by atoms with Gasteiger partial charge < -0.3 is 10.2 Å². The predicted molar refractivity (Wildman–Crippen MR) is 83.3 cm³/mol. The van der Waals surface area contributed by atoms with Crippen LogP contribution in [0.1, 0.15) is 56.6 Å². The maximum atomic E-state index is 10.5. The lowest BCUT2D eigenvalue weighted by atomic mass is 9.53. The van der Waals surface area contributed by atoms with Crippen molar-refractivity contribution in [3.05, 3.63) is 29.3 Å². The number of phenolic OH excluding ortho intramolecular Hbond substituents is 1. The van der Waals surface area contributed by atoms with Crippen molar-refractivity contribution < 1.29 is 10.2 Å². The molecule has 3 unspecified atom stereocenters. The molecule has 4 rings (SSSR count). The molecule has 6 atom stereocenters. The van der Waals surface area contributed by atoms with Gasteiger partial charge in [0.15, 0.2) is 0 Å². The summed E-state index contributed by atoms with van der Waals surface area (Å²) in [6, 6.07) is 5.98. The molecule has 2 heteroatoms. The quantitative estimate of drug-likeness (QED) is 0.760. The normalized spacial score (nSPS) is 44.8. The highest BCUT2D eigenvalue weighted by Crippen LogP contribution is 2.62. The minimum absolute atomic E-state index is 0.100. The van der Waals surface area contributed by atoms with Gasteiger partial charge in [0.2, 0.25) is 0 Å². The molecule has 2 saturated carbocycles. The first-order valence-corrected chi connectivity index (χ1v) is 8.50. The molecule has 3 aliphatic carbocycles. The largest absolute Gasteiger partial charge is 0.508 e. The number of fused-ring (bicyclic) bond motifs is 5. The number of hydrogen-bond acceptors (Lipinski definition) is 2. The molecule has 3 aliphatic rings. The standard InChI is InChI=1S/C19H26O2/c1-11-9-12-10-13(20)3-4-14(12)15-7-8-19(2)16(18(11)15)5-6-17(19)21/h3-4,10-11,15-18,20-21H,5-9H2,1-2H3/t11-,15?,16?,17-,18?,19-/m0/s1. The predicted octanol–water partition coefficient (Wildman–Crippen LogP) is 3.86. The van der Waals surface area contributed by atoms with Crippen LogP contribution in [0.5, 0.6) is 5.75 Å². The molecule has 0 bridgehead atoms. The van der Waals surface area contributed by atoms with Crippen LogP contribution in [0, 0.1) is 23.2 Å². The van der Waals surface area contributed by atoms with Gasteiger partial charge in [-0.05, 0) is 84.5 Å². The van der Waals surface area contributed by atoms with Gasteiger partial charge in [-0.25, -0.2) is 0 Å². The van der Waals surface area contributed by atoms with Crippen LogP contribution >= 0.6 is 0 Å². The van der Waals surface area contributed by atoms with Crippen LogP contribution in [0.2, 0.25) is 0 Å². The van der Waals surface area contributed by atoms with Gasteiger partial charge in [-0.3, -0.25) is 0 Å². The van der Waals surface area contributed by atoms with Crippen molar-refractivity contribution in [1.29, 1.82) is 0 Å². The van der Waals surface area contributed by atoms with E-state index in [2.05, 4.69) is 19.9 Å². The number of benzene rings is 1. The summed E-state index contributed by atoms with van der Waals surface area (Å²) in [6.07, 6.45) is 5.49. The maximum Gasteiger partial charge on any atom is 0.115 e. The summed E-state index contributed by atoms with van der Waals surface area (Å²) in [5, 5.41) is 20.2. The molecule has 21 heavy (non-hydrogen) atoms. The fourth-order valence-electron chi connectivity index (χ4n) is 5.94. The number of hydrogen-bond donors (Lipinski definition) is 2. The Kier molecular flexibility index (Phi) is 2.91. The minimum atomic E-state index is -0.100. The van der Waals surface area contributed by atoms with Crippen LogP contribution in [0.25, 0.3) is 0 Å². The third-order valence-corrected chi connectivity index (χ3v) is 7.01. The Morgan fingerprint density at radius 2 is 2.00 bits per heavy atom. The second-order valence-corrected chi connectivity index (χ2v) is 7.99. The molecular weight excluding hydrogens is 260 g/mol. The summed E-state index contributed by atoms with van der Waals surface area (Å²) in [4.78, 5) is 0. The van der Waals surface area contributed by atoms with Crippen LogP contribution in [-0.2, 0) is 6.42 Å². The average molecular weight is 286 g/mol. The van der Waals surface area contributed by atoms with Gasteiger partial charge in [0, 0.05) is 0 Å². The average Bonchev–Trinajstić information content (AvgIpc) is 2.74. The molecule has 0 saturated heterocycles. The molecule has 1 aromatic carbocycles. The Morgan fingerprint density at radius 1 is 1.19 bits per heavy atom. The summed E-state index contributed by atoms with van der Waals surface area (Å²) >= 11 is 0. The lowest BCUT2D eigenvalue weighted by Crippen LogP contribution is -2.46. The number of aliphatic hydroxyl groups excluding tert-OH is 1. The van der Waals surface area contributed by atoms with Gasteiger partial charge >= 0.3 is 0 Å². The van der Waals surface area contributed by atoms with E-state index in [0.717, 1.165) is 19.3 Å². The van der Waals surface area contributed by atoms with E-state index in [-0.39, 0.29) is 11.5 Å². The van der Waals surface area contributed by atoms with E-state index in [1.165, 1.54) is 24.0 Å². The second-order valence-electron chi connectivity index (χ2n) is 7.99. The van der Waals surface area contributed by atoms with Crippen molar-refractivity contribution in [2.45, 2.75) is 58.0 Å². The van der Waals surface area contributed by atoms with Gasteiger partial charge in [-0.1, -0.05) is 19.9 Å². The first-order valence-electron chi connectivity index (χ1n) is 8.50. The van der Waals surface area contributed by atoms with Crippen molar-refractivity contribution in [3.8, 4) is 5.75 Å². The molecular formula is C19H26O2. The van der Waals surface area contributed by atoms with Gasteiger partial charge in [0.1, 0.15) is 5.75 Å². The molecule has 2 fully saturated rings. The second kappa shape index (κ2) is 4.49. The lowest BCUT2D eigenvalue weighted by Gasteiger charge is -2.52. The number of aliphatic hydroxyl groups is 1. The summed E-state index contributed by atoms with van der Waals surface area (Å²) in [5.41, 5.74) is 2.97. The van der Waals surface area contributed by atoms with Gasteiger partial charge in [-0.2, -0.15) is 0 Å². The highest BCUT2D eigenvalue weighted by atomic mass is 16.3. The van der Waals surface area contributed by atoms with E-state index in [4.69, 9.17) is 0 Å². The van der Waals surface area contributed by atoms with E-state index in [1.54, 1.807) is 0 Å². The van der Waals surface area contributed by atoms with Crippen LogP contribution in [0.4, 0.5) is 0 Å². The van der Waals surface area contributed by atoms with Crippen LogP contribution in [0.15, 0.2) is 18.2 Å². The molecule has 0 radical (unpaired) electrons. The topological polar surface area (TPSA) is 40.5 Å². The number of phenols is 1. The van der Waals surface area contributed by atoms with Gasteiger partial charge in [0.25, 0.3) is 0 Å². The van der Waals surface area contributed by atoms with Crippen molar-refractivity contribution in [2.75, 3.05) is 0 Å². The highest BCUT2D eigenvalue weighted by molar-refractivity contribution is 5.40. The molecule has 1 aromatic rings. The van der Waals surface area contributed by atoms with Crippen LogP contribution < -0.4 is 0 Å². The SMILES string of the molecule is C[C@H]1Cc2cc(O)ccc2C2CC[C@@]3(C)C(CC[C@@H]3O)C21. The fourth-order valence-corrected chi connectivity index (χ4v) is 5.94. The zero-order valence-electron chi connectivity index (χ0n) is 13.0. The third kappa shape index (κ3) is 1.81. The molecule has 0 aromatic heterocycles. The third-order valence-electron chi connectivity index (χ3n) is 7.01. The fraction of sp³-hybridized carbons (Fsp3) is 0.684. The van der Waals surface area contributed by atoms with E-state index in [9.17, 15) is 10.2 Å². The van der Waals surface area contributed by atoms with Crippen molar-refractivity contribution in [3.63, 3.8) is 0 Å². The molecule has 0 aliphatic heterocycles. The number of aromatic hydroxyl groups is 1.